The molecule has 3 heterocycles. The van der Waals surface area contributed by atoms with Crippen LogP contribution in [0.25, 0.3) is 10.9 Å². The van der Waals surface area contributed by atoms with E-state index < -0.39 is 5.54 Å². The molecule has 1 saturated heterocycles. The van der Waals surface area contributed by atoms with E-state index >= 15 is 0 Å². The number of rotatable bonds is 5. The van der Waals surface area contributed by atoms with Crippen LogP contribution in [0.3, 0.4) is 0 Å². The molecular formula is C25H26BrN3O3. The molecule has 0 spiro atoms. The van der Waals surface area contributed by atoms with Gasteiger partial charge in [0.15, 0.2) is 0 Å². The average molecular weight is 496 g/mol. The van der Waals surface area contributed by atoms with Crippen molar-refractivity contribution in [3.63, 3.8) is 0 Å². The van der Waals surface area contributed by atoms with Gasteiger partial charge in [-0.15, -0.1) is 0 Å². The van der Waals surface area contributed by atoms with Crippen LogP contribution in [-0.2, 0) is 22.6 Å². The lowest BCUT2D eigenvalue weighted by molar-refractivity contribution is -0.133. The van der Waals surface area contributed by atoms with Crippen LogP contribution in [0.4, 0.5) is 0 Å². The van der Waals surface area contributed by atoms with E-state index in [0.717, 1.165) is 40.4 Å². The quantitative estimate of drug-likeness (QED) is 0.579. The lowest BCUT2D eigenvalue weighted by atomic mass is 9.93. The Labute approximate surface area is 195 Å². The highest BCUT2D eigenvalue weighted by atomic mass is 79.9. The Balaban J connectivity index is 1.53. The van der Waals surface area contributed by atoms with Gasteiger partial charge in [0.1, 0.15) is 11.2 Å². The number of fused-ring (bicyclic) bond motifs is 3. The van der Waals surface area contributed by atoms with Gasteiger partial charge in [0.05, 0.1) is 12.6 Å². The number of hydrogen-bond acceptors (Lipinski definition) is 3. The first-order valence-corrected chi connectivity index (χ1v) is 11.8. The first kappa shape index (κ1) is 21.2. The second kappa shape index (κ2) is 8.37. The molecule has 0 radical (unpaired) electrons. The fourth-order valence-electron chi connectivity index (χ4n) is 4.75. The smallest absolute Gasteiger partial charge is 0.271 e. The minimum absolute atomic E-state index is 0.0431. The van der Waals surface area contributed by atoms with Crippen LogP contribution in [0.1, 0.15) is 35.8 Å². The van der Waals surface area contributed by atoms with Gasteiger partial charge in [-0.05, 0) is 43.5 Å². The first-order chi connectivity index (χ1) is 15.5. The Kier molecular flexibility index (Phi) is 5.55. The maximum atomic E-state index is 13.8. The molecule has 5 rings (SSSR count). The number of para-hydroxylation sites is 1. The summed E-state index contributed by atoms with van der Waals surface area (Å²) in [7, 11) is 0. The van der Waals surface area contributed by atoms with Crippen molar-refractivity contribution in [2.75, 3.05) is 13.2 Å². The second-order valence-electron chi connectivity index (χ2n) is 8.78. The van der Waals surface area contributed by atoms with Crippen LogP contribution in [-0.4, -0.2) is 46.1 Å². The van der Waals surface area contributed by atoms with E-state index in [0.29, 0.717) is 25.3 Å². The summed E-state index contributed by atoms with van der Waals surface area (Å²) in [6.07, 6.45) is 2.01. The van der Waals surface area contributed by atoms with E-state index in [2.05, 4.69) is 21.2 Å². The number of nitrogens with zero attached hydrogens (tertiary/aromatic N) is 2. The molecule has 3 aromatic rings. The molecule has 0 aliphatic carbocycles. The summed E-state index contributed by atoms with van der Waals surface area (Å²) in [5.41, 5.74) is 1.50. The molecule has 166 valence electrons. The lowest BCUT2D eigenvalue weighted by Gasteiger charge is -2.44. The van der Waals surface area contributed by atoms with Crippen LogP contribution in [0.2, 0.25) is 0 Å². The van der Waals surface area contributed by atoms with Crippen molar-refractivity contribution in [1.29, 1.82) is 0 Å². The molecule has 2 aliphatic rings. The van der Waals surface area contributed by atoms with E-state index in [1.165, 1.54) is 0 Å². The molecule has 2 atom stereocenters. The van der Waals surface area contributed by atoms with Crippen molar-refractivity contribution >= 4 is 38.6 Å². The molecule has 2 amide bonds. The van der Waals surface area contributed by atoms with E-state index in [-0.39, 0.29) is 17.9 Å². The first-order valence-electron chi connectivity index (χ1n) is 11.0. The number of carbonyl (C=O) groups excluding carboxylic acids is 2. The Bertz CT molecular complexity index is 1180. The van der Waals surface area contributed by atoms with Crippen molar-refractivity contribution in [3.05, 3.63) is 70.3 Å². The molecule has 7 heteroatoms. The van der Waals surface area contributed by atoms with E-state index in [1.54, 1.807) is 4.90 Å². The minimum Gasteiger partial charge on any atom is -0.376 e. The van der Waals surface area contributed by atoms with Gasteiger partial charge in [0.25, 0.3) is 5.91 Å². The molecule has 2 aliphatic heterocycles. The molecular weight excluding hydrogens is 470 g/mol. The van der Waals surface area contributed by atoms with Gasteiger partial charge >= 0.3 is 0 Å². The Morgan fingerprint density at radius 1 is 1.22 bits per heavy atom. The van der Waals surface area contributed by atoms with Gasteiger partial charge in [0, 0.05) is 35.1 Å². The van der Waals surface area contributed by atoms with Crippen molar-refractivity contribution in [1.82, 2.24) is 14.8 Å². The van der Waals surface area contributed by atoms with Gasteiger partial charge in [0.2, 0.25) is 5.91 Å². The number of aromatic nitrogens is 1. The SMILES string of the molecule is C[C@]1(C(=O)NC[C@H]2CCCO2)Cn2c(cc3ccccc32)C(=O)N1Cc1ccccc1Br. The molecule has 6 nitrogen and oxygen atoms in total. The van der Waals surface area contributed by atoms with Gasteiger partial charge in [-0.25, -0.2) is 0 Å². The third-order valence-electron chi connectivity index (χ3n) is 6.63. The zero-order valence-corrected chi connectivity index (χ0v) is 19.6. The third kappa shape index (κ3) is 3.63. The van der Waals surface area contributed by atoms with Crippen molar-refractivity contribution in [3.8, 4) is 0 Å². The number of halogens is 1. The summed E-state index contributed by atoms with van der Waals surface area (Å²) >= 11 is 3.59. The normalized spacial score (nSPS) is 22.9. The molecule has 1 N–H and O–H groups in total. The van der Waals surface area contributed by atoms with Crippen molar-refractivity contribution < 1.29 is 14.3 Å². The molecule has 0 saturated carbocycles. The fourth-order valence-corrected chi connectivity index (χ4v) is 5.16. The Morgan fingerprint density at radius 2 is 2.00 bits per heavy atom. The minimum atomic E-state index is -1.04. The zero-order valence-electron chi connectivity index (χ0n) is 18.0. The number of benzene rings is 2. The largest absolute Gasteiger partial charge is 0.376 e. The van der Waals surface area contributed by atoms with E-state index in [4.69, 9.17) is 4.74 Å². The molecule has 1 aromatic heterocycles. The Morgan fingerprint density at radius 3 is 2.78 bits per heavy atom. The maximum absolute atomic E-state index is 13.8. The highest BCUT2D eigenvalue weighted by Crippen LogP contribution is 2.34. The second-order valence-corrected chi connectivity index (χ2v) is 9.63. The lowest BCUT2D eigenvalue weighted by Crippen LogP contribution is -2.64. The summed E-state index contributed by atoms with van der Waals surface area (Å²) in [5.74, 6) is -0.296. The van der Waals surface area contributed by atoms with Gasteiger partial charge < -0.3 is 19.5 Å². The van der Waals surface area contributed by atoms with Crippen LogP contribution >= 0.6 is 15.9 Å². The number of nitrogens with one attached hydrogen (secondary N) is 1. The highest BCUT2D eigenvalue weighted by molar-refractivity contribution is 9.10. The third-order valence-corrected chi connectivity index (χ3v) is 7.40. The molecule has 32 heavy (non-hydrogen) atoms. The molecule has 1 fully saturated rings. The summed E-state index contributed by atoms with van der Waals surface area (Å²) in [5, 5.41) is 4.07. The number of ether oxygens (including phenoxy) is 1. The van der Waals surface area contributed by atoms with E-state index in [9.17, 15) is 9.59 Å². The summed E-state index contributed by atoms with van der Waals surface area (Å²) in [6, 6.07) is 17.7. The van der Waals surface area contributed by atoms with Gasteiger partial charge in [-0.3, -0.25) is 9.59 Å². The number of carbonyl (C=O) groups is 2. The fraction of sp³-hybridized carbons (Fsp3) is 0.360. The van der Waals surface area contributed by atoms with Gasteiger partial charge in [-0.1, -0.05) is 52.3 Å². The predicted molar refractivity (Wildman–Crippen MR) is 126 cm³/mol. The highest BCUT2D eigenvalue weighted by Gasteiger charge is 2.47. The van der Waals surface area contributed by atoms with Crippen LogP contribution < -0.4 is 5.32 Å². The predicted octanol–water partition coefficient (Wildman–Crippen LogP) is 4.11. The number of hydrogen-bond donors (Lipinski definition) is 1. The van der Waals surface area contributed by atoms with Crippen molar-refractivity contribution in [2.24, 2.45) is 0 Å². The van der Waals surface area contributed by atoms with Gasteiger partial charge in [-0.2, -0.15) is 0 Å². The summed E-state index contributed by atoms with van der Waals surface area (Å²) in [4.78, 5) is 29.1. The van der Waals surface area contributed by atoms with E-state index in [1.807, 2.05) is 66.1 Å². The number of amides is 2. The zero-order chi connectivity index (χ0) is 22.3. The van der Waals surface area contributed by atoms with Crippen LogP contribution in [0.5, 0.6) is 0 Å². The molecule has 0 bridgehead atoms. The topological polar surface area (TPSA) is 63.6 Å². The standard InChI is InChI=1S/C25H26BrN3O3/c1-25(24(31)27-14-19-9-6-12-32-19)16-28-21-11-5-3-7-17(21)13-22(28)23(30)29(25)15-18-8-2-4-10-20(18)26/h2-5,7-8,10-11,13,19H,6,9,12,14-16H2,1H3,(H,27,31)/t19-,25-/m1/s1. The molecule has 0 unspecified atom stereocenters. The maximum Gasteiger partial charge on any atom is 0.271 e. The molecule has 2 aromatic carbocycles. The summed E-state index contributed by atoms with van der Waals surface area (Å²) in [6.45, 7) is 3.80. The monoisotopic (exact) mass is 495 g/mol. The van der Waals surface area contributed by atoms with Crippen molar-refractivity contribution in [2.45, 2.75) is 44.5 Å². The summed E-state index contributed by atoms with van der Waals surface area (Å²) < 4.78 is 8.58. The van der Waals surface area contributed by atoms with Crippen LogP contribution in [0, 0.1) is 0 Å². The Hall–Kier alpha value is -2.64. The average Bonchev–Trinajstić information content (AvgIpc) is 3.44. The van der Waals surface area contributed by atoms with Crippen LogP contribution in [0.15, 0.2) is 59.1 Å².